The van der Waals surface area contributed by atoms with E-state index in [0.29, 0.717) is 24.3 Å². The van der Waals surface area contributed by atoms with Gasteiger partial charge >= 0.3 is 0 Å². The third-order valence-electron chi connectivity index (χ3n) is 2.91. The number of benzene rings is 2. The Bertz CT molecular complexity index is 697. The molecule has 0 bridgehead atoms. The van der Waals surface area contributed by atoms with Crippen LogP contribution in [0.15, 0.2) is 46.9 Å². The van der Waals surface area contributed by atoms with Gasteiger partial charge in [0.25, 0.3) is 0 Å². The van der Waals surface area contributed by atoms with E-state index in [0.717, 1.165) is 22.1 Å². The minimum absolute atomic E-state index is 0.436. The lowest BCUT2D eigenvalue weighted by Gasteiger charge is -2.06. The van der Waals surface area contributed by atoms with Crippen molar-refractivity contribution in [3.63, 3.8) is 0 Å². The van der Waals surface area contributed by atoms with Crippen molar-refractivity contribution in [3.05, 3.63) is 58.1 Å². The van der Waals surface area contributed by atoms with Gasteiger partial charge in [-0.05, 0) is 42.5 Å². The molecule has 0 amide bonds. The lowest BCUT2D eigenvalue weighted by molar-refractivity contribution is 0.111. The van der Waals surface area contributed by atoms with Crippen LogP contribution in [-0.4, -0.2) is 20.0 Å². The zero-order valence-corrected chi connectivity index (χ0v) is 13.7. The maximum atomic E-state index is 11.0. The van der Waals surface area contributed by atoms with Crippen molar-refractivity contribution in [1.82, 2.24) is 0 Å². The summed E-state index contributed by atoms with van der Waals surface area (Å²) >= 11 is 3.32. The molecule has 0 fully saturated rings. The van der Waals surface area contributed by atoms with Crippen LogP contribution in [0.5, 0.6) is 11.5 Å². The summed E-state index contributed by atoms with van der Waals surface area (Å²) in [6, 6.07) is 12.9. The fourth-order valence-corrected chi connectivity index (χ4v) is 2.17. The first-order chi connectivity index (χ1) is 10.7. The van der Waals surface area contributed by atoms with Crippen LogP contribution in [0.1, 0.15) is 22.3 Å². The summed E-state index contributed by atoms with van der Waals surface area (Å²) in [5.41, 5.74) is 1.45. The van der Waals surface area contributed by atoms with Gasteiger partial charge in [0, 0.05) is 16.5 Å². The van der Waals surface area contributed by atoms with E-state index in [2.05, 4.69) is 27.8 Å². The summed E-state index contributed by atoms with van der Waals surface area (Å²) < 4.78 is 11.5. The van der Waals surface area contributed by atoms with Crippen LogP contribution in [0.25, 0.3) is 0 Å². The summed E-state index contributed by atoms with van der Waals surface area (Å²) in [7, 11) is 1.63. The maximum absolute atomic E-state index is 11.0. The second-order valence-electron chi connectivity index (χ2n) is 4.43. The molecule has 0 heterocycles. The van der Waals surface area contributed by atoms with Gasteiger partial charge in [-0.2, -0.15) is 0 Å². The summed E-state index contributed by atoms with van der Waals surface area (Å²) in [4.78, 5) is 11.0. The molecule has 3 nitrogen and oxygen atoms in total. The van der Waals surface area contributed by atoms with Crippen LogP contribution in [0.4, 0.5) is 0 Å². The highest BCUT2D eigenvalue weighted by molar-refractivity contribution is 9.10. The van der Waals surface area contributed by atoms with E-state index in [1.807, 2.05) is 30.3 Å². The van der Waals surface area contributed by atoms with Crippen LogP contribution < -0.4 is 9.47 Å². The smallest absolute Gasteiger partial charge is 0.153 e. The van der Waals surface area contributed by atoms with E-state index in [4.69, 9.17) is 9.47 Å². The fraction of sp³-hybridized carbons (Fsp3) is 0.167. The Morgan fingerprint density at radius 3 is 2.64 bits per heavy atom. The summed E-state index contributed by atoms with van der Waals surface area (Å²) in [5, 5.41) is 0. The van der Waals surface area contributed by atoms with Gasteiger partial charge in [0.1, 0.15) is 11.5 Å². The van der Waals surface area contributed by atoms with Gasteiger partial charge in [-0.25, -0.2) is 0 Å². The van der Waals surface area contributed by atoms with Crippen molar-refractivity contribution in [2.45, 2.75) is 6.42 Å². The Hall–Kier alpha value is -2.25. The molecule has 0 saturated heterocycles. The number of hydrogen-bond acceptors (Lipinski definition) is 3. The minimum Gasteiger partial charge on any atom is -0.497 e. The number of carbonyl (C=O) groups is 1. The number of ether oxygens (including phenoxy) is 2. The second-order valence-corrected chi connectivity index (χ2v) is 5.34. The average molecular weight is 359 g/mol. The zero-order chi connectivity index (χ0) is 15.8. The molecule has 0 aliphatic rings. The van der Waals surface area contributed by atoms with Gasteiger partial charge < -0.3 is 9.47 Å². The van der Waals surface area contributed by atoms with Crippen LogP contribution >= 0.6 is 15.9 Å². The molecule has 0 aliphatic carbocycles. The largest absolute Gasteiger partial charge is 0.497 e. The minimum atomic E-state index is 0.436. The number of methoxy groups -OCH3 is 1. The first-order valence-corrected chi connectivity index (χ1v) is 7.52. The Morgan fingerprint density at radius 2 is 1.95 bits per heavy atom. The second kappa shape index (κ2) is 8.26. The summed E-state index contributed by atoms with van der Waals surface area (Å²) in [6.07, 6.45) is 1.36. The molecule has 0 atom stereocenters. The van der Waals surface area contributed by atoms with E-state index >= 15 is 0 Å². The Labute approximate surface area is 138 Å². The summed E-state index contributed by atoms with van der Waals surface area (Å²) in [5.74, 6) is 7.49. The van der Waals surface area contributed by atoms with Crippen molar-refractivity contribution in [1.29, 1.82) is 0 Å². The number of aldehydes is 1. The molecule has 0 aliphatic heterocycles. The highest BCUT2D eigenvalue weighted by atomic mass is 79.9. The molecule has 0 N–H and O–H groups in total. The van der Waals surface area contributed by atoms with Gasteiger partial charge in [0.2, 0.25) is 0 Å². The molecular weight excluding hydrogens is 344 g/mol. The van der Waals surface area contributed by atoms with Crippen molar-refractivity contribution in [2.75, 3.05) is 13.7 Å². The predicted molar refractivity (Wildman–Crippen MR) is 89.5 cm³/mol. The molecule has 0 aromatic heterocycles. The lowest BCUT2D eigenvalue weighted by atomic mass is 10.2. The highest BCUT2D eigenvalue weighted by Crippen LogP contribution is 2.21. The third kappa shape index (κ3) is 4.64. The Morgan fingerprint density at radius 1 is 1.18 bits per heavy atom. The first-order valence-electron chi connectivity index (χ1n) is 6.73. The zero-order valence-electron chi connectivity index (χ0n) is 12.1. The Balaban J connectivity index is 1.87. The molecule has 0 unspecified atom stereocenters. The van der Waals surface area contributed by atoms with E-state index < -0.39 is 0 Å². The highest BCUT2D eigenvalue weighted by Gasteiger charge is 2.02. The van der Waals surface area contributed by atoms with Crippen LogP contribution in [0, 0.1) is 11.8 Å². The molecular formula is C18H15BrO3. The number of hydrogen-bond donors (Lipinski definition) is 0. The van der Waals surface area contributed by atoms with E-state index in [9.17, 15) is 4.79 Å². The first kappa shape index (κ1) is 16.1. The monoisotopic (exact) mass is 358 g/mol. The molecule has 2 aromatic carbocycles. The molecule has 2 rings (SSSR count). The van der Waals surface area contributed by atoms with Crippen molar-refractivity contribution in [2.24, 2.45) is 0 Å². The number of halogens is 1. The number of rotatable bonds is 5. The standard InChI is InChI=1S/C18H15BrO3/c1-21-17-8-5-14(6-9-17)4-2-3-11-22-18-10-7-16(19)12-15(18)13-20/h5-10,12-13H,3,11H2,1H3. The number of carbonyl (C=O) groups excluding carboxylic acids is 1. The van der Waals surface area contributed by atoms with Gasteiger partial charge in [-0.15, -0.1) is 0 Å². The molecule has 0 saturated carbocycles. The molecule has 112 valence electrons. The Kier molecular flexibility index (Phi) is 6.05. The van der Waals surface area contributed by atoms with Crippen LogP contribution in [0.2, 0.25) is 0 Å². The van der Waals surface area contributed by atoms with Crippen molar-refractivity contribution in [3.8, 4) is 23.3 Å². The predicted octanol–water partition coefficient (Wildman–Crippen LogP) is 4.09. The van der Waals surface area contributed by atoms with Gasteiger partial charge in [0.05, 0.1) is 19.3 Å². The van der Waals surface area contributed by atoms with Crippen molar-refractivity contribution >= 4 is 22.2 Å². The van der Waals surface area contributed by atoms with Crippen molar-refractivity contribution < 1.29 is 14.3 Å². The normalized spacial score (nSPS) is 9.55. The average Bonchev–Trinajstić information content (AvgIpc) is 2.56. The lowest BCUT2D eigenvalue weighted by Crippen LogP contribution is -1.99. The van der Waals surface area contributed by atoms with Crippen LogP contribution in [0.3, 0.4) is 0 Å². The summed E-state index contributed by atoms with van der Waals surface area (Å²) in [6.45, 7) is 0.436. The third-order valence-corrected chi connectivity index (χ3v) is 3.40. The van der Waals surface area contributed by atoms with Gasteiger partial charge in [-0.1, -0.05) is 27.8 Å². The topological polar surface area (TPSA) is 35.5 Å². The molecule has 0 radical (unpaired) electrons. The van der Waals surface area contributed by atoms with E-state index in [1.54, 1.807) is 19.2 Å². The van der Waals surface area contributed by atoms with Gasteiger partial charge in [0.15, 0.2) is 6.29 Å². The van der Waals surface area contributed by atoms with Crippen LogP contribution in [-0.2, 0) is 0 Å². The van der Waals surface area contributed by atoms with Gasteiger partial charge in [-0.3, -0.25) is 4.79 Å². The SMILES string of the molecule is COc1ccc(C#CCCOc2ccc(Br)cc2C=O)cc1. The fourth-order valence-electron chi connectivity index (χ4n) is 1.79. The molecule has 2 aromatic rings. The molecule has 4 heteroatoms. The van der Waals surface area contributed by atoms with E-state index in [1.165, 1.54) is 0 Å². The maximum Gasteiger partial charge on any atom is 0.153 e. The molecule has 0 spiro atoms. The quantitative estimate of drug-likeness (QED) is 0.458. The molecule has 22 heavy (non-hydrogen) atoms. The van der Waals surface area contributed by atoms with E-state index in [-0.39, 0.29) is 0 Å².